The number of carboxylic acids is 1. The molecule has 1 aliphatic heterocycles. The average molecular weight is 452 g/mol. The SMILES string of the molecule is O=C([O-])c1cccc2c1CCN2Cc1cc(Cl)ccc1OCc1ccc(F)cc1F.[Na+]. The van der Waals surface area contributed by atoms with E-state index in [1.165, 1.54) is 12.1 Å². The summed E-state index contributed by atoms with van der Waals surface area (Å²) in [5, 5.41) is 11.9. The number of halogens is 3. The van der Waals surface area contributed by atoms with E-state index in [0.29, 0.717) is 30.3 Å². The third-order valence-electron chi connectivity index (χ3n) is 5.13. The van der Waals surface area contributed by atoms with Gasteiger partial charge in [-0.25, -0.2) is 8.78 Å². The molecule has 4 nitrogen and oxygen atoms in total. The van der Waals surface area contributed by atoms with Gasteiger partial charge in [0.25, 0.3) is 0 Å². The molecule has 0 aliphatic carbocycles. The molecule has 1 aliphatic rings. The monoisotopic (exact) mass is 451 g/mol. The quantitative estimate of drug-likeness (QED) is 0.527. The predicted octanol–water partition coefficient (Wildman–Crippen LogP) is 1.13. The normalized spacial score (nSPS) is 12.3. The van der Waals surface area contributed by atoms with Crippen LogP contribution in [-0.4, -0.2) is 12.5 Å². The van der Waals surface area contributed by atoms with Crippen LogP contribution < -0.4 is 44.3 Å². The van der Waals surface area contributed by atoms with E-state index in [0.717, 1.165) is 22.9 Å². The molecule has 0 N–H and O–H groups in total. The number of carbonyl (C=O) groups excluding carboxylic acids is 1. The summed E-state index contributed by atoms with van der Waals surface area (Å²) in [6.07, 6.45) is 0.594. The minimum absolute atomic E-state index is 0. The molecule has 0 atom stereocenters. The molecule has 0 amide bonds. The molecule has 0 aromatic heterocycles. The molecular weight excluding hydrogens is 435 g/mol. The Bertz CT molecular complexity index is 1130. The Morgan fingerprint density at radius 1 is 1.10 bits per heavy atom. The molecule has 1 heterocycles. The fourth-order valence-corrected chi connectivity index (χ4v) is 3.86. The number of carboxylic acid groups (broad SMARTS) is 1. The van der Waals surface area contributed by atoms with Crippen LogP contribution in [0, 0.1) is 11.6 Å². The van der Waals surface area contributed by atoms with E-state index in [1.807, 2.05) is 11.0 Å². The van der Waals surface area contributed by atoms with Crippen molar-refractivity contribution in [3.63, 3.8) is 0 Å². The van der Waals surface area contributed by atoms with E-state index in [1.54, 1.807) is 30.3 Å². The van der Waals surface area contributed by atoms with Crippen molar-refractivity contribution in [1.29, 1.82) is 0 Å². The van der Waals surface area contributed by atoms with E-state index in [2.05, 4.69) is 0 Å². The second kappa shape index (κ2) is 10.0. The summed E-state index contributed by atoms with van der Waals surface area (Å²) in [5.41, 5.74) is 2.78. The van der Waals surface area contributed by atoms with Crippen molar-refractivity contribution < 1.29 is 53.0 Å². The first-order valence-corrected chi connectivity index (χ1v) is 9.73. The summed E-state index contributed by atoms with van der Waals surface area (Å²) in [4.78, 5) is 13.4. The minimum Gasteiger partial charge on any atom is -0.545 e. The minimum atomic E-state index is -1.19. The van der Waals surface area contributed by atoms with Crippen LogP contribution in [0.2, 0.25) is 5.02 Å². The summed E-state index contributed by atoms with van der Waals surface area (Å²) in [6, 6.07) is 13.6. The topological polar surface area (TPSA) is 52.6 Å². The van der Waals surface area contributed by atoms with Gasteiger partial charge in [0, 0.05) is 46.6 Å². The second-order valence-corrected chi connectivity index (χ2v) is 7.48. The van der Waals surface area contributed by atoms with Gasteiger partial charge in [-0.2, -0.15) is 0 Å². The molecule has 0 saturated carbocycles. The first-order valence-electron chi connectivity index (χ1n) is 9.35. The Balaban J connectivity index is 0.00000272. The van der Waals surface area contributed by atoms with Crippen molar-refractivity contribution in [2.24, 2.45) is 0 Å². The zero-order valence-electron chi connectivity index (χ0n) is 16.8. The summed E-state index contributed by atoms with van der Waals surface area (Å²) < 4.78 is 32.8. The number of rotatable bonds is 6. The van der Waals surface area contributed by atoms with Gasteiger partial charge in [-0.05, 0) is 48.4 Å². The first kappa shape index (κ1) is 23.5. The number of ether oxygens (including phenoxy) is 1. The van der Waals surface area contributed by atoms with Gasteiger partial charge >= 0.3 is 29.6 Å². The van der Waals surface area contributed by atoms with Crippen LogP contribution in [0.4, 0.5) is 14.5 Å². The van der Waals surface area contributed by atoms with Gasteiger partial charge in [0.05, 0.1) is 5.97 Å². The van der Waals surface area contributed by atoms with Crippen LogP contribution in [0.5, 0.6) is 5.75 Å². The Labute approximate surface area is 205 Å². The zero-order chi connectivity index (χ0) is 21.3. The van der Waals surface area contributed by atoms with E-state index in [9.17, 15) is 18.7 Å². The average Bonchev–Trinajstić information content (AvgIpc) is 3.11. The van der Waals surface area contributed by atoms with Crippen molar-refractivity contribution in [3.05, 3.63) is 93.5 Å². The molecule has 3 aromatic rings. The van der Waals surface area contributed by atoms with Crippen LogP contribution in [-0.2, 0) is 19.6 Å². The summed E-state index contributed by atoms with van der Waals surface area (Å²) in [7, 11) is 0. The van der Waals surface area contributed by atoms with Crippen molar-refractivity contribution in [2.45, 2.75) is 19.6 Å². The number of nitrogens with zero attached hydrogens (tertiary/aromatic N) is 1. The first-order chi connectivity index (χ1) is 14.4. The van der Waals surface area contributed by atoms with Crippen LogP contribution in [0.15, 0.2) is 54.6 Å². The summed E-state index contributed by atoms with van der Waals surface area (Å²) in [5.74, 6) is -1.99. The summed E-state index contributed by atoms with van der Waals surface area (Å²) in [6.45, 7) is 1.01. The van der Waals surface area contributed by atoms with Gasteiger partial charge in [0.15, 0.2) is 0 Å². The Hall–Kier alpha value is -2.12. The van der Waals surface area contributed by atoms with Gasteiger partial charge in [0.2, 0.25) is 0 Å². The maximum absolute atomic E-state index is 13.9. The standard InChI is InChI=1S/C23H18ClF2NO3.Na/c24-16-5-7-22(30-13-14-4-6-17(25)11-20(14)26)15(10-16)12-27-9-8-18-19(23(28)29)2-1-3-21(18)27;/h1-7,10-11H,8-9,12-13H2,(H,28,29);/q;+1/p-1. The zero-order valence-corrected chi connectivity index (χ0v) is 19.6. The van der Waals surface area contributed by atoms with E-state index in [-0.39, 0.29) is 47.3 Å². The smallest absolute Gasteiger partial charge is 0.545 e. The second-order valence-electron chi connectivity index (χ2n) is 7.04. The Kier molecular flexibility index (Phi) is 7.59. The largest absolute Gasteiger partial charge is 1.00 e. The number of fused-ring (bicyclic) bond motifs is 1. The molecule has 4 rings (SSSR count). The van der Waals surface area contributed by atoms with Gasteiger partial charge in [-0.3, -0.25) is 0 Å². The number of hydrogen-bond acceptors (Lipinski definition) is 4. The van der Waals surface area contributed by atoms with Crippen LogP contribution in [0.1, 0.15) is 27.0 Å². The fraction of sp³-hybridized carbons (Fsp3) is 0.174. The molecule has 0 fully saturated rings. The molecule has 3 aromatic carbocycles. The number of hydrogen-bond donors (Lipinski definition) is 0. The third-order valence-corrected chi connectivity index (χ3v) is 5.36. The molecule has 8 heteroatoms. The number of anilines is 1. The predicted molar refractivity (Wildman–Crippen MR) is 108 cm³/mol. The van der Waals surface area contributed by atoms with Crippen molar-refractivity contribution >= 4 is 23.3 Å². The molecule has 0 spiro atoms. The van der Waals surface area contributed by atoms with Crippen molar-refractivity contribution in [3.8, 4) is 5.75 Å². The Morgan fingerprint density at radius 2 is 1.90 bits per heavy atom. The maximum atomic E-state index is 13.9. The van der Waals surface area contributed by atoms with Gasteiger partial charge in [0.1, 0.15) is 24.0 Å². The van der Waals surface area contributed by atoms with Crippen LogP contribution >= 0.6 is 11.6 Å². The number of aromatic carboxylic acids is 1. The van der Waals surface area contributed by atoms with E-state index < -0.39 is 17.6 Å². The summed E-state index contributed by atoms with van der Waals surface area (Å²) >= 11 is 6.17. The fourth-order valence-electron chi connectivity index (χ4n) is 3.67. The molecule has 154 valence electrons. The molecule has 0 bridgehead atoms. The van der Waals surface area contributed by atoms with E-state index in [4.69, 9.17) is 16.3 Å². The molecule has 0 radical (unpaired) electrons. The third kappa shape index (κ3) is 5.21. The van der Waals surface area contributed by atoms with Gasteiger partial charge in [-0.15, -0.1) is 0 Å². The Morgan fingerprint density at radius 3 is 2.65 bits per heavy atom. The van der Waals surface area contributed by atoms with Crippen LogP contribution in [0.25, 0.3) is 0 Å². The molecule has 0 saturated heterocycles. The van der Waals surface area contributed by atoms with E-state index >= 15 is 0 Å². The molecular formula is C23H17ClF2NNaO3. The maximum Gasteiger partial charge on any atom is 1.00 e. The van der Waals surface area contributed by atoms with Gasteiger partial charge < -0.3 is 19.5 Å². The molecule has 0 unspecified atom stereocenters. The van der Waals surface area contributed by atoms with Crippen molar-refractivity contribution in [2.75, 3.05) is 11.4 Å². The van der Waals surface area contributed by atoms with Gasteiger partial charge in [-0.1, -0.05) is 23.7 Å². The number of carbonyl (C=O) groups is 1. The van der Waals surface area contributed by atoms with Crippen LogP contribution in [0.3, 0.4) is 0 Å². The number of benzene rings is 3. The van der Waals surface area contributed by atoms with Crippen molar-refractivity contribution in [1.82, 2.24) is 0 Å². The molecule has 31 heavy (non-hydrogen) atoms.